The van der Waals surface area contributed by atoms with Crippen molar-refractivity contribution in [3.8, 4) is 11.5 Å². The Labute approximate surface area is 127 Å². The molecule has 2 aromatic carbocycles. The van der Waals surface area contributed by atoms with Crippen LogP contribution in [0.4, 0.5) is 0 Å². The predicted octanol–water partition coefficient (Wildman–Crippen LogP) is 3.15. The molecule has 2 aromatic rings. The fourth-order valence-electron chi connectivity index (χ4n) is 1.76. The van der Waals surface area contributed by atoms with Crippen molar-refractivity contribution in [2.45, 2.75) is 11.8 Å². The topological polar surface area (TPSA) is 47.9 Å². The molecule has 1 atom stereocenters. The molecule has 0 saturated heterocycles. The number of rotatable bonds is 5. The van der Waals surface area contributed by atoms with Gasteiger partial charge in [0.2, 0.25) is 0 Å². The Balaban J connectivity index is 2.17. The van der Waals surface area contributed by atoms with Gasteiger partial charge < -0.3 is 9.47 Å². The van der Waals surface area contributed by atoms with E-state index in [2.05, 4.69) is 4.40 Å². The molecular weight excluding hydrogens is 286 g/mol. The van der Waals surface area contributed by atoms with Crippen LogP contribution in [0.15, 0.2) is 51.8 Å². The molecular formula is C16H17NO3S. The zero-order valence-corrected chi connectivity index (χ0v) is 13.0. The van der Waals surface area contributed by atoms with Gasteiger partial charge in [-0.05, 0) is 42.8 Å². The van der Waals surface area contributed by atoms with Gasteiger partial charge in [-0.1, -0.05) is 17.7 Å². The van der Waals surface area contributed by atoms with Gasteiger partial charge in [-0.25, -0.2) is 4.21 Å². The third kappa shape index (κ3) is 3.92. The number of hydrogen-bond acceptors (Lipinski definition) is 3. The highest BCUT2D eigenvalue weighted by Crippen LogP contribution is 2.26. The van der Waals surface area contributed by atoms with Crippen LogP contribution in [-0.2, 0) is 11.0 Å². The molecule has 110 valence electrons. The molecule has 0 aliphatic rings. The standard InChI is InChI=1S/C16H17NO3S/c1-12-4-7-14(8-5-12)21(18)17-11-13-6-9-15(19-2)16(10-13)20-3/h4-11H,1-3H3/b17-11+/t21-/m1/s1. The number of benzene rings is 2. The lowest BCUT2D eigenvalue weighted by Crippen LogP contribution is -1.93. The fraction of sp³-hybridized carbons (Fsp3) is 0.188. The van der Waals surface area contributed by atoms with Gasteiger partial charge in [0.1, 0.15) is 0 Å². The lowest BCUT2D eigenvalue weighted by molar-refractivity contribution is 0.355. The Morgan fingerprint density at radius 2 is 1.67 bits per heavy atom. The van der Waals surface area contributed by atoms with Crippen LogP contribution in [0, 0.1) is 6.92 Å². The Morgan fingerprint density at radius 3 is 2.29 bits per heavy atom. The van der Waals surface area contributed by atoms with E-state index in [0.717, 1.165) is 11.1 Å². The first-order valence-corrected chi connectivity index (χ1v) is 7.49. The molecule has 2 rings (SSSR count). The summed E-state index contributed by atoms with van der Waals surface area (Å²) in [7, 11) is 1.74. The molecule has 4 nitrogen and oxygen atoms in total. The van der Waals surface area contributed by atoms with Crippen LogP contribution >= 0.6 is 0 Å². The summed E-state index contributed by atoms with van der Waals surface area (Å²) in [6.07, 6.45) is 1.57. The van der Waals surface area contributed by atoms with Crippen LogP contribution in [-0.4, -0.2) is 24.6 Å². The second kappa shape index (κ2) is 7.04. The highest BCUT2D eigenvalue weighted by Gasteiger charge is 2.04. The molecule has 0 bridgehead atoms. The van der Waals surface area contributed by atoms with Crippen molar-refractivity contribution < 1.29 is 13.7 Å². The summed E-state index contributed by atoms with van der Waals surface area (Å²) in [4.78, 5) is 0.678. The lowest BCUT2D eigenvalue weighted by atomic mass is 10.2. The molecule has 0 aliphatic carbocycles. The van der Waals surface area contributed by atoms with E-state index < -0.39 is 11.0 Å². The Kier molecular flexibility index (Phi) is 5.11. The maximum Gasteiger partial charge on any atom is 0.172 e. The molecule has 0 unspecified atom stereocenters. The molecule has 0 aliphatic heterocycles. The quantitative estimate of drug-likeness (QED) is 0.797. The van der Waals surface area contributed by atoms with Gasteiger partial charge in [-0.3, -0.25) is 0 Å². The third-order valence-corrected chi connectivity index (χ3v) is 3.90. The van der Waals surface area contributed by atoms with Crippen LogP contribution in [0.2, 0.25) is 0 Å². The monoisotopic (exact) mass is 303 g/mol. The Hall–Kier alpha value is -2.14. The third-order valence-electron chi connectivity index (χ3n) is 2.93. The molecule has 5 heteroatoms. The predicted molar refractivity (Wildman–Crippen MR) is 84.7 cm³/mol. The van der Waals surface area contributed by atoms with Crippen molar-refractivity contribution in [3.05, 3.63) is 53.6 Å². The van der Waals surface area contributed by atoms with E-state index in [1.165, 1.54) is 0 Å². The van der Waals surface area contributed by atoms with Crippen molar-refractivity contribution >= 4 is 17.2 Å². The van der Waals surface area contributed by atoms with E-state index in [1.807, 2.05) is 37.3 Å². The molecule has 0 heterocycles. The van der Waals surface area contributed by atoms with Gasteiger partial charge in [0.25, 0.3) is 0 Å². The Morgan fingerprint density at radius 1 is 1.00 bits per heavy atom. The minimum Gasteiger partial charge on any atom is -0.493 e. The summed E-state index contributed by atoms with van der Waals surface area (Å²) < 4.78 is 26.5. The minimum atomic E-state index is -1.41. The SMILES string of the molecule is COc1ccc(/C=N/[S@](=O)c2ccc(C)cc2)cc1OC. The number of methoxy groups -OCH3 is 2. The highest BCUT2D eigenvalue weighted by molar-refractivity contribution is 7.83. The molecule has 21 heavy (non-hydrogen) atoms. The lowest BCUT2D eigenvalue weighted by Gasteiger charge is -2.07. The van der Waals surface area contributed by atoms with Crippen LogP contribution in [0.25, 0.3) is 0 Å². The summed E-state index contributed by atoms with van der Waals surface area (Å²) >= 11 is 0. The van der Waals surface area contributed by atoms with Crippen LogP contribution in [0.1, 0.15) is 11.1 Å². The minimum absolute atomic E-state index is 0.613. The van der Waals surface area contributed by atoms with Crippen LogP contribution in [0.3, 0.4) is 0 Å². The zero-order chi connectivity index (χ0) is 15.2. The maximum atomic E-state index is 12.1. The fourth-order valence-corrected chi connectivity index (χ4v) is 2.47. The van der Waals surface area contributed by atoms with Crippen molar-refractivity contribution in [2.75, 3.05) is 14.2 Å². The second-order valence-electron chi connectivity index (χ2n) is 4.41. The van der Waals surface area contributed by atoms with Crippen molar-refractivity contribution in [1.29, 1.82) is 0 Å². The van der Waals surface area contributed by atoms with Gasteiger partial charge in [0.05, 0.1) is 19.1 Å². The number of hydrogen-bond donors (Lipinski definition) is 0. The maximum absolute atomic E-state index is 12.1. The highest BCUT2D eigenvalue weighted by atomic mass is 32.2. The van der Waals surface area contributed by atoms with Gasteiger partial charge in [-0.2, -0.15) is 4.40 Å². The molecule has 0 amide bonds. The van der Waals surface area contributed by atoms with Gasteiger partial charge >= 0.3 is 0 Å². The van der Waals surface area contributed by atoms with Crippen LogP contribution < -0.4 is 9.47 Å². The van der Waals surface area contributed by atoms with E-state index in [4.69, 9.17) is 9.47 Å². The van der Waals surface area contributed by atoms with E-state index in [9.17, 15) is 4.21 Å². The summed E-state index contributed by atoms with van der Waals surface area (Å²) in [6, 6.07) is 12.9. The summed E-state index contributed by atoms with van der Waals surface area (Å²) in [6.45, 7) is 1.99. The Bertz CT molecular complexity index is 666. The molecule has 0 radical (unpaired) electrons. The largest absolute Gasteiger partial charge is 0.493 e. The molecule has 0 spiro atoms. The normalized spacial score (nSPS) is 12.3. The summed E-state index contributed by atoms with van der Waals surface area (Å²) in [5, 5.41) is 0. The molecule has 0 aromatic heterocycles. The van der Waals surface area contributed by atoms with Crippen LogP contribution in [0.5, 0.6) is 11.5 Å². The summed E-state index contributed by atoms with van der Waals surface area (Å²) in [5.74, 6) is 1.26. The average molecular weight is 303 g/mol. The first kappa shape index (κ1) is 15.3. The summed E-state index contributed by atoms with van der Waals surface area (Å²) in [5.41, 5.74) is 1.92. The number of aryl methyl sites for hydroxylation is 1. The van der Waals surface area contributed by atoms with Gasteiger partial charge in [0.15, 0.2) is 22.5 Å². The number of ether oxygens (including phenoxy) is 2. The molecule has 0 fully saturated rings. The van der Waals surface area contributed by atoms with Crippen molar-refractivity contribution in [1.82, 2.24) is 0 Å². The van der Waals surface area contributed by atoms with E-state index in [0.29, 0.717) is 16.4 Å². The average Bonchev–Trinajstić information content (AvgIpc) is 2.52. The number of nitrogens with zero attached hydrogens (tertiary/aromatic N) is 1. The van der Waals surface area contributed by atoms with Crippen molar-refractivity contribution in [2.24, 2.45) is 4.40 Å². The van der Waals surface area contributed by atoms with E-state index in [1.54, 1.807) is 32.6 Å². The smallest absolute Gasteiger partial charge is 0.172 e. The van der Waals surface area contributed by atoms with Crippen molar-refractivity contribution in [3.63, 3.8) is 0 Å². The van der Waals surface area contributed by atoms with E-state index >= 15 is 0 Å². The second-order valence-corrected chi connectivity index (χ2v) is 5.59. The first-order valence-electron chi connectivity index (χ1n) is 6.38. The van der Waals surface area contributed by atoms with Gasteiger partial charge in [0, 0.05) is 6.21 Å². The van der Waals surface area contributed by atoms with Gasteiger partial charge in [-0.15, -0.1) is 0 Å². The molecule has 0 saturated carbocycles. The first-order chi connectivity index (χ1) is 10.1. The van der Waals surface area contributed by atoms with E-state index in [-0.39, 0.29) is 0 Å². The zero-order valence-electron chi connectivity index (χ0n) is 12.2. The molecule has 0 N–H and O–H groups in total.